The Balaban J connectivity index is 2.69. The maximum absolute atomic E-state index is 13.3. The fraction of sp³-hybridized carbons (Fsp3) is 0.125. The van der Waals surface area contributed by atoms with Gasteiger partial charge < -0.3 is 5.32 Å². The molecule has 0 aliphatic rings. The van der Waals surface area contributed by atoms with Crippen LogP contribution in [0.3, 0.4) is 0 Å². The molecule has 0 bridgehead atoms. The van der Waals surface area contributed by atoms with Gasteiger partial charge in [-0.05, 0) is 23.3 Å². The molecule has 0 saturated carbocycles. The van der Waals surface area contributed by atoms with Crippen LogP contribution in [0, 0.1) is 12.4 Å². The van der Waals surface area contributed by atoms with E-state index in [0.717, 1.165) is 24.3 Å². The summed E-state index contributed by atoms with van der Waals surface area (Å²) >= 11 is 0. The molecule has 0 aliphatic heterocycles. The molecule has 0 saturated heterocycles. The summed E-state index contributed by atoms with van der Waals surface area (Å²) < 4.78 is 52.5. The van der Waals surface area contributed by atoms with Crippen LogP contribution in [-0.2, 0) is 6.18 Å². The van der Waals surface area contributed by atoms with Crippen molar-refractivity contribution in [3.05, 3.63) is 64.8 Å². The van der Waals surface area contributed by atoms with Crippen molar-refractivity contribution in [2.24, 2.45) is 0 Å². The number of hydrogen-bond donors (Lipinski definition) is 1. The Morgan fingerprint density at radius 1 is 1.17 bits per heavy atom. The van der Waals surface area contributed by atoms with Crippen LogP contribution in [-0.4, -0.2) is 13.0 Å². The average Bonchev–Trinajstić information content (AvgIpc) is 2.52. The first-order valence-corrected chi connectivity index (χ1v) is 6.38. The first-order chi connectivity index (χ1) is 10.8. The van der Waals surface area contributed by atoms with Gasteiger partial charge in [0.25, 0.3) is 5.91 Å². The molecule has 23 heavy (non-hydrogen) atoms. The van der Waals surface area contributed by atoms with Crippen LogP contribution in [0.1, 0.15) is 15.9 Å². The van der Waals surface area contributed by atoms with E-state index in [0.29, 0.717) is 0 Å². The molecule has 0 aliphatic carbocycles. The van der Waals surface area contributed by atoms with Crippen molar-refractivity contribution in [2.45, 2.75) is 6.18 Å². The Hall–Kier alpha value is -2.88. The molecule has 0 spiro atoms. The standard InChI is InChI=1S/C16H10F4N2O/c1-21-14-6-3-9(7-13(14)16(18,19)20)11-5-4-10(17)8-12(11)15(23)22-2/h3-8H,2H3,(H,22,23). The highest BCUT2D eigenvalue weighted by atomic mass is 19.4. The van der Waals surface area contributed by atoms with E-state index in [1.165, 1.54) is 19.2 Å². The molecule has 0 fully saturated rings. The lowest BCUT2D eigenvalue weighted by atomic mass is 9.96. The fourth-order valence-corrected chi connectivity index (χ4v) is 2.12. The van der Waals surface area contributed by atoms with Crippen molar-refractivity contribution in [2.75, 3.05) is 7.05 Å². The van der Waals surface area contributed by atoms with Crippen LogP contribution in [0.4, 0.5) is 23.2 Å². The van der Waals surface area contributed by atoms with E-state index in [9.17, 15) is 22.4 Å². The molecule has 2 aromatic rings. The SMILES string of the molecule is [C-]#[N+]c1ccc(-c2ccc(F)cc2C(=O)NC)cc1C(F)(F)F. The van der Waals surface area contributed by atoms with E-state index in [2.05, 4.69) is 10.2 Å². The second-order valence-electron chi connectivity index (χ2n) is 4.61. The molecule has 0 aromatic heterocycles. The van der Waals surface area contributed by atoms with Gasteiger partial charge in [-0.25, -0.2) is 9.24 Å². The largest absolute Gasteiger partial charge is 0.407 e. The molecule has 0 radical (unpaired) electrons. The molecule has 7 heteroatoms. The van der Waals surface area contributed by atoms with E-state index in [-0.39, 0.29) is 16.7 Å². The highest BCUT2D eigenvalue weighted by Crippen LogP contribution is 2.39. The van der Waals surface area contributed by atoms with Crippen LogP contribution >= 0.6 is 0 Å². The minimum atomic E-state index is -4.71. The molecule has 0 heterocycles. The maximum atomic E-state index is 13.3. The van der Waals surface area contributed by atoms with Gasteiger partial charge in [0.1, 0.15) is 5.82 Å². The van der Waals surface area contributed by atoms with Crippen LogP contribution < -0.4 is 5.32 Å². The number of carbonyl (C=O) groups excluding carboxylic acids is 1. The number of carbonyl (C=O) groups is 1. The third-order valence-corrected chi connectivity index (χ3v) is 3.19. The molecular weight excluding hydrogens is 312 g/mol. The zero-order valence-electron chi connectivity index (χ0n) is 11.8. The summed E-state index contributed by atoms with van der Waals surface area (Å²) in [6.07, 6.45) is -4.71. The normalized spacial score (nSPS) is 11.0. The first kappa shape index (κ1) is 16.5. The summed E-state index contributed by atoms with van der Waals surface area (Å²) in [5.41, 5.74) is -1.51. The van der Waals surface area contributed by atoms with Crippen molar-refractivity contribution in [1.29, 1.82) is 0 Å². The Kier molecular flexibility index (Phi) is 4.36. The number of halogens is 4. The highest BCUT2D eigenvalue weighted by molar-refractivity contribution is 6.00. The molecule has 0 atom stereocenters. The predicted molar refractivity (Wildman–Crippen MR) is 76.5 cm³/mol. The molecule has 2 aromatic carbocycles. The van der Waals surface area contributed by atoms with E-state index < -0.39 is 29.2 Å². The van der Waals surface area contributed by atoms with Crippen LogP contribution in [0.25, 0.3) is 16.0 Å². The Bertz CT molecular complexity index is 807. The van der Waals surface area contributed by atoms with Crippen molar-refractivity contribution in [1.82, 2.24) is 5.32 Å². The van der Waals surface area contributed by atoms with Gasteiger partial charge >= 0.3 is 6.18 Å². The lowest BCUT2D eigenvalue weighted by Crippen LogP contribution is -2.19. The summed E-state index contributed by atoms with van der Waals surface area (Å²) in [6, 6.07) is 6.34. The quantitative estimate of drug-likeness (QED) is 0.644. The van der Waals surface area contributed by atoms with Gasteiger partial charge in [-0.1, -0.05) is 24.3 Å². The first-order valence-electron chi connectivity index (χ1n) is 6.38. The lowest BCUT2D eigenvalue weighted by molar-refractivity contribution is -0.136. The van der Waals surface area contributed by atoms with Gasteiger partial charge in [0.15, 0.2) is 5.69 Å². The number of amides is 1. The molecular formula is C16H10F4N2O. The summed E-state index contributed by atoms with van der Waals surface area (Å²) in [5, 5.41) is 2.31. The topological polar surface area (TPSA) is 33.5 Å². The third kappa shape index (κ3) is 3.31. The van der Waals surface area contributed by atoms with Crippen LogP contribution in [0.5, 0.6) is 0 Å². The highest BCUT2D eigenvalue weighted by Gasteiger charge is 2.33. The summed E-state index contributed by atoms with van der Waals surface area (Å²) in [6.45, 7) is 6.82. The third-order valence-electron chi connectivity index (χ3n) is 3.19. The van der Waals surface area contributed by atoms with Crippen LogP contribution in [0.15, 0.2) is 36.4 Å². The second-order valence-corrected chi connectivity index (χ2v) is 4.61. The molecule has 1 N–H and O–H groups in total. The van der Waals surface area contributed by atoms with E-state index >= 15 is 0 Å². The summed E-state index contributed by atoms with van der Waals surface area (Å²) in [5.74, 6) is -1.30. The Morgan fingerprint density at radius 3 is 2.43 bits per heavy atom. The average molecular weight is 322 g/mol. The maximum Gasteiger partial charge on any atom is 0.407 e. The van der Waals surface area contributed by atoms with Gasteiger partial charge in [0.2, 0.25) is 0 Å². The monoisotopic (exact) mass is 322 g/mol. The van der Waals surface area contributed by atoms with Gasteiger partial charge in [-0.2, -0.15) is 13.2 Å². The molecule has 0 unspecified atom stereocenters. The number of nitrogens with one attached hydrogen (secondary N) is 1. The molecule has 1 amide bonds. The number of benzene rings is 2. The van der Waals surface area contributed by atoms with E-state index in [1.54, 1.807) is 0 Å². The lowest BCUT2D eigenvalue weighted by Gasteiger charge is -2.13. The fourth-order valence-electron chi connectivity index (χ4n) is 2.12. The van der Waals surface area contributed by atoms with Gasteiger partial charge in [0.05, 0.1) is 17.7 Å². The van der Waals surface area contributed by atoms with E-state index in [1.807, 2.05) is 0 Å². The van der Waals surface area contributed by atoms with Crippen molar-refractivity contribution in [3.63, 3.8) is 0 Å². The number of alkyl halides is 3. The predicted octanol–water partition coefficient (Wildman–Crippen LogP) is 4.42. The van der Waals surface area contributed by atoms with Gasteiger partial charge in [0, 0.05) is 7.05 Å². The van der Waals surface area contributed by atoms with Gasteiger partial charge in [-0.15, -0.1) is 0 Å². The second kappa shape index (κ2) is 6.08. The molecule has 3 nitrogen and oxygen atoms in total. The summed E-state index contributed by atoms with van der Waals surface area (Å²) in [4.78, 5) is 14.7. The number of hydrogen-bond acceptors (Lipinski definition) is 1. The zero-order valence-corrected chi connectivity index (χ0v) is 11.8. The number of nitrogens with zero attached hydrogens (tertiary/aromatic N) is 1. The number of rotatable bonds is 2. The Labute approximate surface area is 129 Å². The minimum Gasteiger partial charge on any atom is -0.355 e. The van der Waals surface area contributed by atoms with Crippen molar-refractivity contribution >= 4 is 11.6 Å². The van der Waals surface area contributed by atoms with Gasteiger partial charge in [-0.3, -0.25) is 4.79 Å². The molecule has 118 valence electrons. The Morgan fingerprint density at radius 2 is 1.87 bits per heavy atom. The minimum absolute atomic E-state index is 0.0725. The van der Waals surface area contributed by atoms with Crippen molar-refractivity contribution in [3.8, 4) is 11.1 Å². The molecule has 2 rings (SSSR count). The smallest absolute Gasteiger partial charge is 0.355 e. The van der Waals surface area contributed by atoms with Crippen LogP contribution in [0.2, 0.25) is 0 Å². The van der Waals surface area contributed by atoms with Crippen molar-refractivity contribution < 1.29 is 22.4 Å². The van der Waals surface area contributed by atoms with E-state index in [4.69, 9.17) is 6.57 Å². The summed E-state index contributed by atoms with van der Waals surface area (Å²) in [7, 11) is 1.33. The zero-order chi connectivity index (χ0) is 17.2.